The Hall–Kier alpha value is -1.27. The Morgan fingerprint density at radius 1 is 1.44 bits per heavy atom. The number of nitriles is 1. The quantitative estimate of drug-likeness (QED) is 0.730. The van der Waals surface area contributed by atoms with Crippen molar-refractivity contribution in [2.24, 2.45) is 0 Å². The maximum Gasteiger partial charge on any atom is 0.132 e. The minimum atomic E-state index is 0.383. The van der Waals surface area contributed by atoms with Crippen LogP contribution in [0.25, 0.3) is 0 Å². The Morgan fingerprint density at radius 3 is 2.72 bits per heavy atom. The molecule has 1 aromatic rings. The second kappa shape index (κ2) is 7.23. The number of unbranched alkanes of at least 4 members (excludes halogenated alkanes) is 1. The van der Waals surface area contributed by atoms with Crippen molar-refractivity contribution in [3.05, 3.63) is 22.8 Å². The second-order valence-corrected chi connectivity index (χ2v) is 4.84. The van der Waals surface area contributed by atoms with Crippen LogP contribution in [0.15, 0.2) is 12.1 Å². The summed E-state index contributed by atoms with van der Waals surface area (Å²) in [4.78, 5) is 6.58. The Bertz CT molecular complexity index is 426. The molecule has 0 aliphatic carbocycles. The zero-order valence-electron chi connectivity index (χ0n) is 11.3. The minimum Gasteiger partial charge on any atom is -0.354 e. The van der Waals surface area contributed by atoms with Crippen LogP contribution in [0.4, 0.5) is 5.82 Å². The van der Waals surface area contributed by atoms with E-state index < -0.39 is 0 Å². The Kier molecular flexibility index (Phi) is 5.94. The Balaban J connectivity index is 3.04. The molecule has 0 N–H and O–H groups in total. The first-order chi connectivity index (χ1) is 8.62. The molecular weight excluding hydrogens is 246 g/mol. The molecule has 0 amide bonds. The third-order valence-electron chi connectivity index (χ3n) is 3.08. The highest BCUT2D eigenvalue weighted by molar-refractivity contribution is 6.29. The van der Waals surface area contributed by atoms with E-state index in [2.05, 4.69) is 36.7 Å². The van der Waals surface area contributed by atoms with Crippen molar-refractivity contribution in [2.45, 2.75) is 46.1 Å². The van der Waals surface area contributed by atoms with Gasteiger partial charge < -0.3 is 4.90 Å². The predicted octanol–water partition coefficient (Wildman–Crippen LogP) is 4.01. The number of aromatic nitrogens is 1. The summed E-state index contributed by atoms with van der Waals surface area (Å²) in [6.45, 7) is 7.44. The number of anilines is 1. The van der Waals surface area contributed by atoms with Crippen molar-refractivity contribution < 1.29 is 0 Å². The van der Waals surface area contributed by atoms with E-state index in [1.54, 1.807) is 6.07 Å². The smallest absolute Gasteiger partial charge is 0.132 e. The molecular formula is C14H20ClN3. The van der Waals surface area contributed by atoms with Gasteiger partial charge in [-0.1, -0.05) is 31.9 Å². The van der Waals surface area contributed by atoms with Crippen LogP contribution < -0.4 is 4.90 Å². The molecule has 4 heteroatoms. The molecule has 0 aliphatic rings. The van der Waals surface area contributed by atoms with E-state index in [9.17, 15) is 0 Å². The first-order valence-electron chi connectivity index (χ1n) is 6.46. The second-order valence-electron chi connectivity index (χ2n) is 4.45. The molecule has 0 saturated heterocycles. The summed E-state index contributed by atoms with van der Waals surface area (Å²) in [5.41, 5.74) is 0.565. The standard InChI is InChI=1S/C14H20ClN3/c1-4-6-7-18(11(3)5-2)14-9-12(10-16)8-13(15)17-14/h8-9,11H,4-7H2,1-3H3. The van der Waals surface area contributed by atoms with Gasteiger partial charge in [0, 0.05) is 12.6 Å². The highest BCUT2D eigenvalue weighted by atomic mass is 35.5. The van der Waals surface area contributed by atoms with Gasteiger partial charge in [0.25, 0.3) is 0 Å². The summed E-state index contributed by atoms with van der Waals surface area (Å²) in [6, 6.07) is 5.93. The lowest BCUT2D eigenvalue weighted by Crippen LogP contribution is -2.34. The highest BCUT2D eigenvalue weighted by Crippen LogP contribution is 2.21. The van der Waals surface area contributed by atoms with Crippen LogP contribution in [0, 0.1) is 11.3 Å². The normalized spacial score (nSPS) is 11.9. The van der Waals surface area contributed by atoms with Crippen molar-refractivity contribution in [3.8, 4) is 6.07 Å². The Morgan fingerprint density at radius 2 is 2.17 bits per heavy atom. The van der Waals surface area contributed by atoms with Crippen LogP contribution >= 0.6 is 11.6 Å². The molecule has 0 fully saturated rings. The lowest BCUT2D eigenvalue weighted by Gasteiger charge is -2.29. The number of hydrogen-bond donors (Lipinski definition) is 0. The molecule has 1 unspecified atom stereocenters. The monoisotopic (exact) mass is 265 g/mol. The lowest BCUT2D eigenvalue weighted by atomic mass is 10.2. The number of halogens is 1. The van der Waals surface area contributed by atoms with Crippen molar-refractivity contribution in [1.82, 2.24) is 4.98 Å². The summed E-state index contributed by atoms with van der Waals surface area (Å²) < 4.78 is 0. The fourth-order valence-electron chi connectivity index (χ4n) is 1.80. The van der Waals surface area contributed by atoms with E-state index in [1.165, 1.54) is 0 Å². The zero-order chi connectivity index (χ0) is 13.5. The van der Waals surface area contributed by atoms with Gasteiger partial charge in [-0.05, 0) is 31.9 Å². The molecule has 1 heterocycles. The van der Waals surface area contributed by atoms with E-state index >= 15 is 0 Å². The number of hydrogen-bond acceptors (Lipinski definition) is 3. The van der Waals surface area contributed by atoms with Gasteiger partial charge in [0.05, 0.1) is 11.6 Å². The van der Waals surface area contributed by atoms with Gasteiger partial charge in [0.1, 0.15) is 11.0 Å². The maximum atomic E-state index is 8.99. The molecule has 0 saturated carbocycles. The summed E-state index contributed by atoms with van der Waals surface area (Å²) in [5, 5.41) is 9.37. The van der Waals surface area contributed by atoms with E-state index in [1.807, 2.05) is 6.07 Å². The molecule has 0 aromatic carbocycles. The van der Waals surface area contributed by atoms with Crippen LogP contribution in [0.2, 0.25) is 5.15 Å². The average Bonchev–Trinajstić information content (AvgIpc) is 2.38. The van der Waals surface area contributed by atoms with Crippen molar-refractivity contribution >= 4 is 17.4 Å². The fraction of sp³-hybridized carbons (Fsp3) is 0.571. The summed E-state index contributed by atoms with van der Waals surface area (Å²) in [6.07, 6.45) is 3.29. The molecule has 1 atom stereocenters. The topological polar surface area (TPSA) is 39.9 Å². The average molecular weight is 266 g/mol. The van der Waals surface area contributed by atoms with Crippen LogP contribution in [0.1, 0.15) is 45.6 Å². The first kappa shape index (κ1) is 14.8. The van der Waals surface area contributed by atoms with Crippen molar-refractivity contribution in [2.75, 3.05) is 11.4 Å². The van der Waals surface area contributed by atoms with E-state index in [4.69, 9.17) is 16.9 Å². The SMILES string of the molecule is CCCCN(c1cc(C#N)cc(Cl)n1)C(C)CC. The van der Waals surface area contributed by atoms with E-state index in [-0.39, 0.29) is 0 Å². The van der Waals surface area contributed by atoms with Gasteiger partial charge in [0.15, 0.2) is 0 Å². The molecule has 1 aromatic heterocycles. The van der Waals surface area contributed by atoms with Crippen LogP contribution in [0.3, 0.4) is 0 Å². The number of rotatable bonds is 6. The molecule has 0 bridgehead atoms. The molecule has 0 aliphatic heterocycles. The van der Waals surface area contributed by atoms with Gasteiger partial charge in [-0.25, -0.2) is 4.98 Å². The first-order valence-corrected chi connectivity index (χ1v) is 6.84. The largest absolute Gasteiger partial charge is 0.354 e. The minimum absolute atomic E-state index is 0.383. The van der Waals surface area contributed by atoms with Crippen molar-refractivity contribution in [1.29, 1.82) is 5.26 Å². The molecule has 98 valence electrons. The van der Waals surface area contributed by atoms with E-state index in [0.29, 0.717) is 16.8 Å². The fourth-order valence-corrected chi connectivity index (χ4v) is 2.01. The molecule has 0 radical (unpaired) electrons. The number of pyridine rings is 1. The molecule has 3 nitrogen and oxygen atoms in total. The van der Waals surface area contributed by atoms with Gasteiger partial charge in [-0.15, -0.1) is 0 Å². The predicted molar refractivity (Wildman–Crippen MR) is 76.0 cm³/mol. The number of nitrogens with zero attached hydrogens (tertiary/aromatic N) is 3. The third-order valence-corrected chi connectivity index (χ3v) is 3.27. The van der Waals surface area contributed by atoms with Gasteiger partial charge in [-0.3, -0.25) is 0 Å². The Labute approximate surface area is 114 Å². The molecule has 0 spiro atoms. The maximum absolute atomic E-state index is 8.99. The third kappa shape index (κ3) is 3.89. The van der Waals surface area contributed by atoms with Crippen LogP contribution in [-0.4, -0.2) is 17.6 Å². The highest BCUT2D eigenvalue weighted by Gasteiger charge is 2.15. The van der Waals surface area contributed by atoms with E-state index in [0.717, 1.165) is 31.6 Å². The molecule has 18 heavy (non-hydrogen) atoms. The van der Waals surface area contributed by atoms with Gasteiger partial charge in [0.2, 0.25) is 0 Å². The van der Waals surface area contributed by atoms with Crippen LogP contribution in [-0.2, 0) is 0 Å². The summed E-state index contributed by atoms with van der Waals surface area (Å²) in [5.74, 6) is 0.807. The van der Waals surface area contributed by atoms with Gasteiger partial charge in [-0.2, -0.15) is 5.26 Å². The van der Waals surface area contributed by atoms with Crippen molar-refractivity contribution in [3.63, 3.8) is 0 Å². The molecule has 1 rings (SSSR count). The summed E-state index contributed by atoms with van der Waals surface area (Å²) >= 11 is 5.97. The lowest BCUT2D eigenvalue weighted by molar-refractivity contribution is 0.589. The van der Waals surface area contributed by atoms with Crippen LogP contribution in [0.5, 0.6) is 0 Å². The summed E-state index contributed by atoms with van der Waals surface area (Å²) in [7, 11) is 0. The van der Waals surface area contributed by atoms with Gasteiger partial charge >= 0.3 is 0 Å². The zero-order valence-corrected chi connectivity index (χ0v) is 12.0.